The Kier molecular flexibility index (Phi) is 3.58. The first-order valence-corrected chi connectivity index (χ1v) is 4.59. The van der Waals surface area contributed by atoms with Gasteiger partial charge in [-0.05, 0) is 34.2 Å². The van der Waals surface area contributed by atoms with Gasteiger partial charge in [-0.3, -0.25) is 4.79 Å². The van der Waals surface area contributed by atoms with Gasteiger partial charge in [-0.25, -0.2) is 4.98 Å². The molecule has 70 valence electrons. The molecule has 13 heavy (non-hydrogen) atoms. The van der Waals surface area contributed by atoms with Crippen LogP contribution in [0.3, 0.4) is 0 Å². The lowest BCUT2D eigenvalue weighted by Crippen LogP contribution is -2.07. The number of esters is 1. The van der Waals surface area contributed by atoms with Crippen molar-refractivity contribution in [1.82, 2.24) is 4.98 Å². The Balaban J connectivity index is 2.83. The van der Waals surface area contributed by atoms with Crippen molar-refractivity contribution >= 4 is 28.6 Å². The van der Waals surface area contributed by atoms with Crippen LogP contribution in [0.25, 0.3) is 0 Å². The van der Waals surface area contributed by atoms with E-state index in [1.165, 1.54) is 19.2 Å². The normalized spacial score (nSPS) is 9.77. The zero-order valence-corrected chi connectivity index (χ0v) is 9.04. The predicted octanol–water partition coefficient (Wildman–Crippen LogP) is 1.54. The highest BCUT2D eigenvalue weighted by molar-refractivity contribution is 14.1. The minimum atomic E-state index is -0.544. The van der Waals surface area contributed by atoms with Crippen molar-refractivity contribution in [1.29, 1.82) is 0 Å². The van der Waals surface area contributed by atoms with Gasteiger partial charge in [-0.1, -0.05) is 6.07 Å². The Hall–Kier alpha value is -0.720. The molecule has 0 saturated heterocycles. The van der Waals surface area contributed by atoms with Crippen LogP contribution < -0.4 is 0 Å². The summed E-state index contributed by atoms with van der Waals surface area (Å²) in [4.78, 5) is 14.4. The van der Waals surface area contributed by atoms with Crippen molar-refractivity contribution in [3.05, 3.63) is 27.3 Å². The van der Waals surface area contributed by atoms with Crippen LogP contribution >= 0.6 is 22.6 Å². The third-order valence-corrected chi connectivity index (χ3v) is 2.39. The van der Waals surface area contributed by atoms with Gasteiger partial charge in [0.15, 0.2) is 0 Å². The molecule has 0 bridgehead atoms. The lowest BCUT2D eigenvalue weighted by molar-refractivity contribution is -0.139. The number of halogens is 2. The number of carbonyl (C=O) groups is 1. The monoisotopic (exact) mass is 295 g/mol. The summed E-state index contributed by atoms with van der Waals surface area (Å²) >= 11 is 1.88. The Bertz CT molecular complexity index is 330. The first-order chi connectivity index (χ1) is 6.13. The number of carbonyl (C=O) groups excluding carboxylic acids is 1. The van der Waals surface area contributed by atoms with E-state index in [1.807, 2.05) is 22.6 Å². The highest BCUT2D eigenvalue weighted by Gasteiger charge is 2.07. The van der Waals surface area contributed by atoms with Crippen LogP contribution in [0.2, 0.25) is 0 Å². The second kappa shape index (κ2) is 4.50. The van der Waals surface area contributed by atoms with Gasteiger partial charge in [0, 0.05) is 0 Å². The molecule has 0 saturated carbocycles. The summed E-state index contributed by atoms with van der Waals surface area (Å²) in [5.41, 5.74) is 0.675. The summed E-state index contributed by atoms with van der Waals surface area (Å²) < 4.78 is 17.5. The van der Waals surface area contributed by atoms with Crippen molar-refractivity contribution in [3.8, 4) is 0 Å². The van der Waals surface area contributed by atoms with E-state index in [1.54, 1.807) is 0 Å². The number of pyridine rings is 1. The van der Waals surface area contributed by atoms with Crippen LogP contribution in [0.4, 0.5) is 4.39 Å². The molecule has 0 aliphatic rings. The summed E-state index contributed by atoms with van der Waals surface area (Å²) in [7, 11) is 1.31. The number of hydrogen-bond acceptors (Lipinski definition) is 3. The molecule has 0 spiro atoms. The number of nitrogens with zero attached hydrogens (tertiary/aromatic N) is 1. The Morgan fingerprint density at radius 1 is 1.69 bits per heavy atom. The molecule has 1 aromatic heterocycles. The summed E-state index contributed by atoms with van der Waals surface area (Å²) in [5, 5.41) is 0. The van der Waals surface area contributed by atoms with E-state index in [4.69, 9.17) is 0 Å². The minimum Gasteiger partial charge on any atom is -0.469 e. The number of hydrogen-bond donors (Lipinski definition) is 0. The number of aromatic nitrogens is 1. The summed E-state index contributed by atoms with van der Waals surface area (Å²) in [6.07, 6.45) is 0.127. The molecule has 1 heterocycles. The quantitative estimate of drug-likeness (QED) is 0.472. The van der Waals surface area contributed by atoms with Crippen molar-refractivity contribution in [2.45, 2.75) is 6.42 Å². The summed E-state index contributed by atoms with van der Waals surface area (Å²) in [6, 6.07) is 2.75. The second-order valence-corrected chi connectivity index (χ2v) is 3.36. The topological polar surface area (TPSA) is 39.2 Å². The molecule has 0 fully saturated rings. The van der Waals surface area contributed by atoms with Crippen LogP contribution in [-0.4, -0.2) is 18.1 Å². The zero-order valence-electron chi connectivity index (χ0n) is 6.88. The van der Waals surface area contributed by atoms with Crippen LogP contribution in [0, 0.1) is 9.65 Å². The maximum absolute atomic E-state index is 12.5. The number of methoxy groups -OCH3 is 1. The molecule has 3 nitrogen and oxygen atoms in total. The molecule has 0 aliphatic heterocycles. The molecule has 1 rings (SSSR count). The SMILES string of the molecule is COC(=O)Cc1ccc(F)nc1I. The fraction of sp³-hybridized carbons (Fsp3) is 0.250. The highest BCUT2D eigenvalue weighted by Crippen LogP contribution is 2.11. The van der Waals surface area contributed by atoms with E-state index in [9.17, 15) is 9.18 Å². The zero-order chi connectivity index (χ0) is 9.84. The standard InChI is InChI=1S/C8H7FINO2/c1-13-7(12)4-5-2-3-6(9)11-8(5)10/h2-3H,4H2,1H3. The van der Waals surface area contributed by atoms with Gasteiger partial charge < -0.3 is 4.74 Å². The maximum Gasteiger partial charge on any atom is 0.310 e. The summed E-state index contributed by atoms with van der Waals surface area (Å²) in [6.45, 7) is 0. The van der Waals surface area contributed by atoms with E-state index < -0.39 is 5.95 Å². The van der Waals surface area contributed by atoms with Crippen molar-refractivity contribution in [2.24, 2.45) is 0 Å². The Morgan fingerprint density at radius 2 is 2.38 bits per heavy atom. The maximum atomic E-state index is 12.5. The molecular formula is C8H7FINO2. The van der Waals surface area contributed by atoms with E-state index in [0.717, 1.165) is 0 Å². The van der Waals surface area contributed by atoms with Crippen molar-refractivity contribution in [3.63, 3.8) is 0 Å². The van der Waals surface area contributed by atoms with E-state index in [-0.39, 0.29) is 12.4 Å². The van der Waals surface area contributed by atoms with Crippen LogP contribution in [-0.2, 0) is 16.0 Å². The second-order valence-electron chi connectivity index (χ2n) is 2.34. The van der Waals surface area contributed by atoms with Gasteiger partial charge in [0.1, 0.15) is 3.70 Å². The number of rotatable bonds is 2. The fourth-order valence-electron chi connectivity index (χ4n) is 0.800. The molecular weight excluding hydrogens is 288 g/mol. The van der Waals surface area contributed by atoms with Gasteiger partial charge in [-0.2, -0.15) is 4.39 Å². The van der Waals surface area contributed by atoms with Crippen molar-refractivity contribution in [2.75, 3.05) is 7.11 Å². The van der Waals surface area contributed by atoms with E-state index in [0.29, 0.717) is 9.26 Å². The molecule has 0 aromatic carbocycles. The van der Waals surface area contributed by atoms with Gasteiger partial charge >= 0.3 is 5.97 Å². The highest BCUT2D eigenvalue weighted by atomic mass is 127. The molecule has 0 atom stereocenters. The van der Waals surface area contributed by atoms with Crippen LogP contribution in [0.1, 0.15) is 5.56 Å². The summed E-state index contributed by atoms with van der Waals surface area (Å²) in [5.74, 6) is -0.899. The molecule has 5 heteroatoms. The predicted molar refractivity (Wildman–Crippen MR) is 52.6 cm³/mol. The average Bonchev–Trinajstić information content (AvgIpc) is 2.09. The Morgan fingerprint density at radius 3 is 2.92 bits per heavy atom. The van der Waals surface area contributed by atoms with Gasteiger partial charge in [0.2, 0.25) is 5.95 Å². The van der Waals surface area contributed by atoms with E-state index >= 15 is 0 Å². The minimum absolute atomic E-state index is 0.127. The molecule has 0 aliphatic carbocycles. The lowest BCUT2D eigenvalue weighted by Gasteiger charge is -2.01. The van der Waals surface area contributed by atoms with Gasteiger partial charge in [0.25, 0.3) is 0 Å². The molecule has 0 radical (unpaired) electrons. The largest absolute Gasteiger partial charge is 0.469 e. The average molecular weight is 295 g/mol. The first-order valence-electron chi connectivity index (χ1n) is 3.51. The van der Waals surface area contributed by atoms with Gasteiger partial charge in [-0.15, -0.1) is 0 Å². The molecule has 0 unspecified atom stereocenters. The number of ether oxygens (including phenoxy) is 1. The smallest absolute Gasteiger partial charge is 0.310 e. The third-order valence-electron chi connectivity index (χ3n) is 1.45. The molecule has 1 aromatic rings. The third kappa shape index (κ3) is 2.91. The Labute approximate surface area is 88.4 Å². The molecule has 0 amide bonds. The van der Waals surface area contributed by atoms with Crippen LogP contribution in [0.15, 0.2) is 12.1 Å². The van der Waals surface area contributed by atoms with Crippen LogP contribution in [0.5, 0.6) is 0 Å². The van der Waals surface area contributed by atoms with Gasteiger partial charge in [0.05, 0.1) is 13.5 Å². The van der Waals surface area contributed by atoms with E-state index in [2.05, 4.69) is 9.72 Å². The lowest BCUT2D eigenvalue weighted by atomic mass is 10.2. The fourth-order valence-corrected chi connectivity index (χ4v) is 1.40. The first kappa shape index (κ1) is 10.4. The van der Waals surface area contributed by atoms with Crippen molar-refractivity contribution < 1.29 is 13.9 Å². The molecule has 0 N–H and O–H groups in total.